The normalized spacial score (nSPS) is 12.8. The van der Waals surface area contributed by atoms with Gasteiger partial charge in [0.25, 0.3) is 5.91 Å². The largest absolute Gasteiger partial charge is 0.480 e. The Labute approximate surface area is 224 Å². The Hall–Kier alpha value is -4.05. The third kappa shape index (κ3) is 7.72. The van der Waals surface area contributed by atoms with E-state index in [-0.39, 0.29) is 28.7 Å². The number of ether oxygens (including phenoxy) is 1. The maximum Gasteiger partial charge on any atom is 0.407 e. The number of fused-ring (bicyclic) bond motifs is 1. The van der Waals surface area contributed by atoms with Crippen LogP contribution in [0, 0.1) is 0 Å². The fraction of sp³-hybridized carbons (Fsp3) is 0.286. The highest BCUT2D eigenvalue weighted by molar-refractivity contribution is 7.99. The molecule has 2 atom stereocenters. The number of hydrogen-bond donors (Lipinski definition) is 4. The van der Waals surface area contributed by atoms with Crippen LogP contribution in [-0.4, -0.2) is 58.1 Å². The van der Waals surface area contributed by atoms with Gasteiger partial charge in [0.2, 0.25) is 0 Å². The van der Waals surface area contributed by atoms with Gasteiger partial charge >= 0.3 is 18.0 Å². The molecular formula is C28H30N2O7S. The van der Waals surface area contributed by atoms with Crippen molar-refractivity contribution in [1.29, 1.82) is 0 Å². The van der Waals surface area contributed by atoms with Gasteiger partial charge in [-0.05, 0) is 49.2 Å². The lowest BCUT2D eigenvalue weighted by molar-refractivity contribution is -0.138. The molecule has 0 heterocycles. The Bertz CT molecular complexity index is 1330. The molecule has 0 radical (unpaired) electrons. The van der Waals surface area contributed by atoms with Crippen LogP contribution in [0.2, 0.25) is 0 Å². The number of benzene rings is 3. The molecule has 0 aromatic heterocycles. The van der Waals surface area contributed by atoms with Crippen molar-refractivity contribution in [2.75, 3.05) is 12.3 Å². The van der Waals surface area contributed by atoms with E-state index in [0.717, 1.165) is 16.3 Å². The lowest BCUT2D eigenvalue weighted by Crippen LogP contribution is -2.43. The molecule has 0 aliphatic heterocycles. The zero-order valence-electron chi connectivity index (χ0n) is 21.3. The molecule has 1 unspecified atom stereocenters. The fourth-order valence-electron chi connectivity index (χ4n) is 3.77. The molecule has 0 spiro atoms. The van der Waals surface area contributed by atoms with E-state index in [1.54, 1.807) is 20.8 Å². The number of nitrogens with one attached hydrogen (secondary N) is 2. The number of carbonyl (C=O) groups is 4. The second-order valence-corrected chi connectivity index (χ2v) is 10.7. The van der Waals surface area contributed by atoms with E-state index < -0.39 is 35.6 Å². The van der Waals surface area contributed by atoms with Gasteiger partial charge < -0.3 is 25.6 Å². The highest BCUT2D eigenvalue weighted by Crippen LogP contribution is 2.34. The molecule has 9 nitrogen and oxygen atoms in total. The first-order valence-electron chi connectivity index (χ1n) is 11.9. The maximum atomic E-state index is 12.8. The van der Waals surface area contributed by atoms with Gasteiger partial charge in [-0.2, -0.15) is 0 Å². The maximum absolute atomic E-state index is 12.8. The molecule has 3 aromatic rings. The first-order chi connectivity index (χ1) is 18.0. The Morgan fingerprint density at radius 2 is 1.53 bits per heavy atom. The molecule has 0 aliphatic rings. The Morgan fingerprint density at radius 1 is 0.895 bits per heavy atom. The van der Waals surface area contributed by atoms with Crippen molar-refractivity contribution in [1.82, 2.24) is 10.6 Å². The average Bonchev–Trinajstić information content (AvgIpc) is 2.86. The number of carboxylic acids is 2. The Morgan fingerprint density at radius 3 is 2.18 bits per heavy atom. The highest BCUT2D eigenvalue weighted by atomic mass is 32.2. The minimum atomic E-state index is -1.31. The third-order valence-corrected chi connectivity index (χ3v) is 6.82. The lowest BCUT2D eigenvalue weighted by atomic mass is 10.0. The van der Waals surface area contributed by atoms with Crippen LogP contribution in [-0.2, 0) is 9.53 Å². The first-order valence-corrected chi connectivity index (χ1v) is 12.9. The van der Waals surface area contributed by atoms with Gasteiger partial charge in [-0.25, -0.2) is 14.4 Å². The summed E-state index contributed by atoms with van der Waals surface area (Å²) in [5, 5.41) is 25.9. The van der Waals surface area contributed by atoms with E-state index in [4.69, 9.17) is 4.74 Å². The second-order valence-electron chi connectivity index (χ2n) is 9.49. The minimum absolute atomic E-state index is 0.0415. The zero-order chi connectivity index (χ0) is 27.9. The number of hydrogen-bond acceptors (Lipinski definition) is 6. The van der Waals surface area contributed by atoms with E-state index in [1.165, 1.54) is 36.0 Å². The molecule has 4 N–H and O–H groups in total. The molecule has 10 heteroatoms. The van der Waals surface area contributed by atoms with Crippen LogP contribution in [0.5, 0.6) is 0 Å². The lowest BCUT2D eigenvalue weighted by Gasteiger charge is -2.24. The van der Waals surface area contributed by atoms with Crippen LogP contribution < -0.4 is 10.6 Å². The summed E-state index contributed by atoms with van der Waals surface area (Å²) in [6.07, 6.45) is -0.600. The number of alkyl carbamates (subject to hydrolysis) is 1. The molecule has 2 amide bonds. The number of aliphatic carboxylic acids is 1. The van der Waals surface area contributed by atoms with E-state index in [1.807, 2.05) is 42.5 Å². The Balaban J connectivity index is 1.82. The van der Waals surface area contributed by atoms with Gasteiger partial charge in [0.1, 0.15) is 11.6 Å². The fourth-order valence-corrected chi connectivity index (χ4v) is 5.01. The van der Waals surface area contributed by atoms with Crippen molar-refractivity contribution in [3.05, 3.63) is 83.4 Å². The molecule has 0 fully saturated rings. The summed E-state index contributed by atoms with van der Waals surface area (Å²) in [6.45, 7) is 5.42. The number of carbonyl (C=O) groups excluding carboxylic acids is 2. The van der Waals surface area contributed by atoms with Gasteiger partial charge in [0.15, 0.2) is 0 Å². The molecule has 3 aromatic carbocycles. The van der Waals surface area contributed by atoms with Crippen LogP contribution >= 0.6 is 11.8 Å². The molecular weight excluding hydrogens is 508 g/mol. The van der Waals surface area contributed by atoms with E-state index >= 15 is 0 Å². The molecule has 200 valence electrons. The number of amides is 2. The van der Waals surface area contributed by atoms with Gasteiger partial charge in [0.05, 0.1) is 11.1 Å². The summed E-state index contributed by atoms with van der Waals surface area (Å²) in [5.41, 5.74) is -0.154. The van der Waals surface area contributed by atoms with Crippen molar-refractivity contribution >= 4 is 46.5 Å². The average molecular weight is 539 g/mol. The molecule has 0 saturated carbocycles. The van der Waals surface area contributed by atoms with Crippen molar-refractivity contribution in [2.45, 2.75) is 37.7 Å². The minimum Gasteiger partial charge on any atom is -0.480 e. The number of rotatable bonds is 10. The van der Waals surface area contributed by atoms with Gasteiger partial charge in [0, 0.05) is 17.5 Å². The SMILES string of the molecule is CC(C)(C)OC(=O)NCC(SC[C@H](NC(=O)c1ccccc1C(=O)O)C(=O)O)c1cccc2ccccc12. The molecule has 0 saturated heterocycles. The second kappa shape index (κ2) is 12.5. The summed E-state index contributed by atoms with van der Waals surface area (Å²) in [4.78, 5) is 48.7. The number of thioether (sulfide) groups is 1. The first kappa shape index (κ1) is 28.5. The summed E-state index contributed by atoms with van der Waals surface area (Å²) < 4.78 is 5.35. The van der Waals surface area contributed by atoms with Crippen LogP contribution in [0.1, 0.15) is 52.3 Å². The van der Waals surface area contributed by atoms with Crippen molar-refractivity contribution in [2.24, 2.45) is 0 Å². The van der Waals surface area contributed by atoms with Gasteiger partial charge in [-0.15, -0.1) is 11.8 Å². The zero-order valence-corrected chi connectivity index (χ0v) is 22.1. The van der Waals surface area contributed by atoms with Crippen LogP contribution in [0.4, 0.5) is 4.79 Å². The monoisotopic (exact) mass is 538 g/mol. The Kier molecular flexibility index (Phi) is 9.35. The van der Waals surface area contributed by atoms with Gasteiger partial charge in [-0.3, -0.25) is 4.79 Å². The smallest absolute Gasteiger partial charge is 0.407 e. The third-order valence-electron chi connectivity index (χ3n) is 5.47. The summed E-state index contributed by atoms with van der Waals surface area (Å²) in [6, 6.07) is 17.8. The quantitative estimate of drug-likeness (QED) is 0.290. The number of aromatic carboxylic acids is 1. The molecule has 0 bridgehead atoms. The number of carboxylic acid groups (broad SMARTS) is 2. The molecule has 0 aliphatic carbocycles. The summed E-state index contributed by atoms with van der Waals surface area (Å²) in [5.74, 6) is -3.40. The van der Waals surface area contributed by atoms with Crippen molar-refractivity contribution < 1.29 is 34.1 Å². The molecule has 38 heavy (non-hydrogen) atoms. The van der Waals surface area contributed by atoms with Crippen LogP contribution in [0.25, 0.3) is 10.8 Å². The molecule has 3 rings (SSSR count). The predicted octanol–water partition coefficient (Wildman–Crippen LogP) is 4.72. The van der Waals surface area contributed by atoms with Crippen molar-refractivity contribution in [3.8, 4) is 0 Å². The van der Waals surface area contributed by atoms with Crippen molar-refractivity contribution in [3.63, 3.8) is 0 Å². The highest BCUT2D eigenvalue weighted by Gasteiger charge is 2.26. The summed E-state index contributed by atoms with van der Waals surface area (Å²) in [7, 11) is 0. The van der Waals surface area contributed by atoms with E-state index in [0.29, 0.717) is 0 Å². The van der Waals surface area contributed by atoms with Crippen LogP contribution in [0.15, 0.2) is 66.7 Å². The topological polar surface area (TPSA) is 142 Å². The predicted molar refractivity (Wildman–Crippen MR) is 146 cm³/mol. The van der Waals surface area contributed by atoms with E-state index in [9.17, 15) is 29.4 Å². The standard InChI is InChI=1S/C28H30N2O7S/c1-28(2,3)37-27(36)29-15-23(19-14-8-10-17-9-4-5-11-18(17)19)38-16-22(26(34)35)30-24(31)20-12-6-7-13-21(20)25(32)33/h4-14,22-23H,15-16H2,1-3H3,(H,29,36)(H,30,31)(H,32,33)(H,34,35)/t22-,23?/m0/s1. The van der Waals surface area contributed by atoms with Crippen LogP contribution in [0.3, 0.4) is 0 Å². The van der Waals surface area contributed by atoms with E-state index in [2.05, 4.69) is 10.6 Å². The van der Waals surface area contributed by atoms with Gasteiger partial charge in [-0.1, -0.05) is 54.6 Å². The summed E-state index contributed by atoms with van der Waals surface area (Å²) >= 11 is 1.25.